The van der Waals surface area contributed by atoms with Crippen molar-refractivity contribution in [3.05, 3.63) is 54.6 Å². The van der Waals surface area contributed by atoms with Gasteiger partial charge >= 0.3 is 0 Å². The first-order valence-electron chi connectivity index (χ1n) is 7.36. The Morgan fingerprint density at radius 1 is 1.00 bits per heavy atom. The Morgan fingerprint density at radius 2 is 1.59 bits per heavy atom. The summed E-state index contributed by atoms with van der Waals surface area (Å²) in [6.45, 7) is 3.90. The monoisotopic (exact) mass is 319 g/mol. The van der Waals surface area contributed by atoms with Crippen LogP contribution in [0.3, 0.4) is 0 Å². The lowest BCUT2D eigenvalue weighted by Crippen LogP contribution is -2.32. The van der Waals surface area contributed by atoms with Crippen LogP contribution in [0.2, 0.25) is 0 Å². The minimum Gasteiger partial charge on any atom is -0.457 e. The van der Waals surface area contributed by atoms with E-state index in [1.807, 2.05) is 44.2 Å². The van der Waals surface area contributed by atoms with Crippen LogP contribution in [-0.2, 0) is 10.0 Å². The van der Waals surface area contributed by atoms with Gasteiger partial charge in [0, 0.05) is 6.04 Å². The maximum Gasteiger partial charge on any atom is 0.240 e. The third kappa shape index (κ3) is 4.58. The fourth-order valence-electron chi connectivity index (χ4n) is 2.14. The first-order chi connectivity index (χ1) is 10.5. The Bertz CT molecular complexity index is 682. The van der Waals surface area contributed by atoms with Crippen molar-refractivity contribution in [3.8, 4) is 11.5 Å². The molecule has 2 rings (SSSR count). The lowest BCUT2D eigenvalue weighted by molar-refractivity contribution is 0.482. The van der Waals surface area contributed by atoms with Crippen molar-refractivity contribution in [1.82, 2.24) is 4.72 Å². The van der Waals surface area contributed by atoms with Crippen LogP contribution in [0.15, 0.2) is 59.5 Å². The van der Waals surface area contributed by atoms with Gasteiger partial charge in [0.25, 0.3) is 0 Å². The molecule has 0 fully saturated rings. The molecule has 4 nitrogen and oxygen atoms in total. The van der Waals surface area contributed by atoms with Crippen LogP contribution in [-0.4, -0.2) is 14.5 Å². The summed E-state index contributed by atoms with van der Waals surface area (Å²) in [4.78, 5) is 0.246. The SMILES string of the molecule is CCC[C@H](C)NS(=O)(=O)c1ccc(Oc2ccccc2)cc1. The van der Waals surface area contributed by atoms with Crippen LogP contribution in [0.25, 0.3) is 0 Å². The summed E-state index contributed by atoms with van der Waals surface area (Å²) in [5.74, 6) is 1.32. The van der Waals surface area contributed by atoms with Gasteiger partial charge in [-0.15, -0.1) is 0 Å². The largest absolute Gasteiger partial charge is 0.457 e. The van der Waals surface area contributed by atoms with E-state index in [1.165, 1.54) is 0 Å². The number of nitrogens with one attached hydrogen (secondary N) is 1. The number of sulfonamides is 1. The molecule has 5 heteroatoms. The summed E-state index contributed by atoms with van der Waals surface area (Å²) < 4.78 is 32.8. The molecule has 2 aromatic carbocycles. The zero-order valence-corrected chi connectivity index (χ0v) is 13.6. The molecular formula is C17H21NO3S. The molecule has 0 bridgehead atoms. The first-order valence-corrected chi connectivity index (χ1v) is 8.85. The summed E-state index contributed by atoms with van der Waals surface area (Å²) in [5, 5.41) is 0. The van der Waals surface area contributed by atoms with E-state index < -0.39 is 10.0 Å². The molecule has 0 amide bonds. The third-order valence-corrected chi connectivity index (χ3v) is 4.80. The van der Waals surface area contributed by atoms with Crippen molar-refractivity contribution in [2.45, 2.75) is 37.6 Å². The van der Waals surface area contributed by atoms with Gasteiger partial charge in [-0.25, -0.2) is 13.1 Å². The van der Waals surface area contributed by atoms with Gasteiger partial charge in [-0.3, -0.25) is 0 Å². The van der Waals surface area contributed by atoms with Crippen molar-refractivity contribution in [2.24, 2.45) is 0 Å². The zero-order chi connectivity index (χ0) is 16.0. The summed E-state index contributed by atoms with van der Waals surface area (Å²) in [6, 6.07) is 15.7. The van der Waals surface area contributed by atoms with Crippen molar-refractivity contribution >= 4 is 10.0 Å². The molecular weight excluding hydrogens is 298 g/mol. The highest BCUT2D eigenvalue weighted by atomic mass is 32.2. The molecule has 1 N–H and O–H groups in total. The van der Waals surface area contributed by atoms with E-state index in [4.69, 9.17) is 4.74 Å². The molecule has 0 saturated heterocycles. The predicted octanol–water partition coefficient (Wildman–Crippen LogP) is 3.95. The Hall–Kier alpha value is -1.85. The molecule has 0 saturated carbocycles. The molecule has 22 heavy (non-hydrogen) atoms. The van der Waals surface area contributed by atoms with E-state index in [-0.39, 0.29) is 10.9 Å². The van der Waals surface area contributed by atoms with E-state index >= 15 is 0 Å². The van der Waals surface area contributed by atoms with Gasteiger partial charge in [0.2, 0.25) is 10.0 Å². The summed E-state index contributed by atoms with van der Waals surface area (Å²) in [6.07, 6.45) is 1.75. The maximum absolute atomic E-state index is 12.2. The van der Waals surface area contributed by atoms with Crippen LogP contribution in [0, 0.1) is 0 Å². The minimum atomic E-state index is -3.48. The van der Waals surface area contributed by atoms with Crippen LogP contribution >= 0.6 is 0 Å². The molecule has 0 aromatic heterocycles. The van der Waals surface area contributed by atoms with Crippen LogP contribution < -0.4 is 9.46 Å². The van der Waals surface area contributed by atoms with Crippen LogP contribution in [0.5, 0.6) is 11.5 Å². The number of benzene rings is 2. The lowest BCUT2D eigenvalue weighted by Gasteiger charge is -2.13. The molecule has 0 aliphatic rings. The Labute approximate surface area is 132 Å². The standard InChI is InChI=1S/C17H21NO3S/c1-3-7-14(2)18-22(19,20)17-12-10-16(11-13-17)21-15-8-5-4-6-9-15/h4-6,8-14,18H,3,7H2,1-2H3/t14-/m0/s1. The van der Waals surface area contributed by atoms with E-state index in [0.29, 0.717) is 11.5 Å². The number of ether oxygens (including phenoxy) is 1. The Balaban J connectivity index is 2.08. The van der Waals surface area contributed by atoms with Crippen molar-refractivity contribution < 1.29 is 13.2 Å². The maximum atomic E-state index is 12.2. The van der Waals surface area contributed by atoms with Gasteiger partial charge in [0.1, 0.15) is 11.5 Å². The highest BCUT2D eigenvalue weighted by Gasteiger charge is 2.16. The predicted molar refractivity (Wildman–Crippen MR) is 87.6 cm³/mol. The highest BCUT2D eigenvalue weighted by Crippen LogP contribution is 2.22. The van der Waals surface area contributed by atoms with Gasteiger partial charge in [-0.05, 0) is 49.7 Å². The minimum absolute atomic E-state index is 0.0738. The van der Waals surface area contributed by atoms with E-state index in [0.717, 1.165) is 12.8 Å². The quantitative estimate of drug-likeness (QED) is 0.841. The van der Waals surface area contributed by atoms with Gasteiger partial charge in [-0.1, -0.05) is 31.5 Å². The number of hydrogen-bond donors (Lipinski definition) is 1. The lowest BCUT2D eigenvalue weighted by atomic mass is 10.2. The Morgan fingerprint density at radius 3 is 2.18 bits per heavy atom. The average Bonchev–Trinajstić information content (AvgIpc) is 2.48. The summed E-state index contributed by atoms with van der Waals surface area (Å²) >= 11 is 0. The fourth-order valence-corrected chi connectivity index (χ4v) is 3.41. The smallest absolute Gasteiger partial charge is 0.240 e. The number of para-hydroxylation sites is 1. The van der Waals surface area contributed by atoms with Gasteiger partial charge in [0.15, 0.2) is 0 Å². The van der Waals surface area contributed by atoms with Crippen LogP contribution in [0.1, 0.15) is 26.7 Å². The van der Waals surface area contributed by atoms with E-state index in [2.05, 4.69) is 4.72 Å². The van der Waals surface area contributed by atoms with Gasteiger partial charge in [0.05, 0.1) is 4.90 Å². The fraction of sp³-hybridized carbons (Fsp3) is 0.294. The number of hydrogen-bond acceptors (Lipinski definition) is 3. The summed E-state index contributed by atoms with van der Waals surface area (Å²) in [7, 11) is -3.48. The normalized spacial score (nSPS) is 12.8. The van der Waals surface area contributed by atoms with Crippen molar-refractivity contribution in [1.29, 1.82) is 0 Å². The van der Waals surface area contributed by atoms with Crippen molar-refractivity contribution in [3.63, 3.8) is 0 Å². The average molecular weight is 319 g/mol. The molecule has 2 aromatic rings. The molecule has 1 atom stereocenters. The van der Waals surface area contributed by atoms with Crippen molar-refractivity contribution in [2.75, 3.05) is 0 Å². The third-order valence-electron chi connectivity index (χ3n) is 3.19. The number of rotatable bonds is 7. The molecule has 0 aliphatic carbocycles. The molecule has 0 unspecified atom stereocenters. The second-order valence-corrected chi connectivity index (χ2v) is 6.91. The summed E-state index contributed by atoms with van der Waals surface area (Å²) in [5.41, 5.74) is 0. The second-order valence-electron chi connectivity index (χ2n) is 5.20. The van der Waals surface area contributed by atoms with Gasteiger partial charge < -0.3 is 4.74 Å². The molecule has 118 valence electrons. The molecule has 0 radical (unpaired) electrons. The zero-order valence-electron chi connectivity index (χ0n) is 12.8. The van der Waals surface area contributed by atoms with E-state index in [9.17, 15) is 8.42 Å². The molecule has 0 aliphatic heterocycles. The van der Waals surface area contributed by atoms with E-state index in [1.54, 1.807) is 24.3 Å². The highest BCUT2D eigenvalue weighted by molar-refractivity contribution is 7.89. The second kappa shape index (κ2) is 7.42. The van der Waals surface area contributed by atoms with Gasteiger partial charge in [-0.2, -0.15) is 0 Å². The first kappa shape index (κ1) is 16.5. The Kier molecular flexibility index (Phi) is 5.57. The topological polar surface area (TPSA) is 55.4 Å². The molecule has 0 heterocycles. The molecule has 0 spiro atoms. The van der Waals surface area contributed by atoms with Crippen LogP contribution in [0.4, 0.5) is 0 Å².